The molecule has 36 heavy (non-hydrogen) atoms. The summed E-state index contributed by atoms with van der Waals surface area (Å²) in [6, 6.07) is 2.08. The Hall–Kier alpha value is -1.93. The van der Waals surface area contributed by atoms with Gasteiger partial charge in [0.15, 0.2) is 0 Å². The lowest BCUT2D eigenvalue weighted by Crippen LogP contribution is -2.75. The summed E-state index contributed by atoms with van der Waals surface area (Å²) in [6.07, 6.45) is -7.89. The van der Waals surface area contributed by atoms with Crippen molar-refractivity contribution in [3.8, 4) is 0 Å². The Balaban J connectivity index is 3.68. The molecule has 22 heteroatoms. The van der Waals surface area contributed by atoms with Gasteiger partial charge in [-0.15, -0.1) is 0 Å². The van der Waals surface area contributed by atoms with Crippen LogP contribution in [0.3, 0.4) is 0 Å². The normalized spacial score (nSPS) is 15.7. The minimum absolute atomic E-state index is 0.278. The summed E-state index contributed by atoms with van der Waals surface area (Å²) in [6.45, 7) is 0. The fourth-order valence-electron chi connectivity index (χ4n) is 2.06. The minimum atomic E-state index is -8.87. The van der Waals surface area contributed by atoms with E-state index in [9.17, 15) is 83.1 Å². The third-order valence-corrected chi connectivity index (χ3v) is 5.81. The molecule has 0 spiro atoms. The summed E-state index contributed by atoms with van der Waals surface area (Å²) in [5.74, 6) is -51.8. The van der Waals surface area contributed by atoms with Crippen LogP contribution in [0.1, 0.15) is 0 Å². The van der Waals surface area contributed by atoms with Gasteiger partial charge in [0.2, 0.25) is 0 Å². The average molecular weight is 610 g/mol. The van der Waals surface area contributed by atoms with Gasteiger partial charge in [0.05, 0.1) is 0 Å². The predicted molar refractivity (Wildman–Crippen MR) is 84.7 cm³/mol. The lowest BCUT2D eigenvalue weighted by Gasteiger charge is -2.42. The van der Waals surface area contributed by atoms with E-state index in [1.807, 2.05) is 0 Å². The summed E-state index contributed by atoms with van der Waals surface area (Å²) in [4.78, 5) is 0. The molecule has 0 heterocycles. The molecule has 0 unspecified atom stereocenters. The van der Waals surface area contributed by atoms with Crippen LogP contribution >= 0.6 is 11.6 Å². The van der Waals surface area contributed by atoms with Crippen LogP contribution in [-0.2, 0) is 10.0 Å². The van der Waals surface area contributed by atoms with Gasteiger partial charge in [0, 0.05) is 10.7 Å². The molecule has 1 aromatic rings. The largest absolute Gasteiger partial charge is 0.460 e. The van der Waals surface area contributed by atoms with Crippen LogP contribution in [0, 0.1) is 0 Å². The molecule has 3 nitrogen and oxygen atoms in total. The highest BCUT2D eigenvalue weighted by Gasteiger charge is 2.96. The molecule has 0 atom stereocenters. The molecule has 0 aliphatic rings. The van der Waals surface area contributed by atoms with Gasteiger partial charge in [-0.3, -0.25) is 4.72 Å². The van der Waals surface area contributed by atoms with Crippen molar-refractivity contribution in [1.29, 1.82) is 0 Å². The monoisotopic (exact) mass is 609 g/mol. The van der Waals surface area contributed by atoms with Crippen molar-refractivity contribution in [2.24, 2.45) is 0 Å². The standard InChI is InChI=1S/C14H5ClF17NO2S/c15-5-1-3-6(4-2-5)33-36(34,35)14(31,32)12(26,27)10(22,23)8(18,19)7(16,17)9(20,21)11(24,25)13(28,29)30/h1-4,33H. The summed E-state index contributed by atoms with van der Waals surface area (Å²) in [5.41, 5.74) is -1.22. The molecule has 0 aromatic heterocycles. The van der Waals surface area contributed by atoms with Crippen molar-refractivity contribution in [3.63, 3.8) is 0 Å². The number of hydrogen-bond donors (Lipinski definition) is 1. The Labute approximate surface area is 192 Å². The Kier molecular flexibility index (Phi) is 7.62. The molecule has 0 radical (unpaired) electrons. The highest BCUT2D eigenvalue weighted by atomic mass is 35.5. The molecule has 210 valence electrons. The first-order valence-electron chi connectivity index (χ1n) is 7.96. The van der Waals surface area contributed by atoms with Crippen LogP contribution < -0.4 is 4.72 Å². The first kappa shape index (κ1) is 32.1. The minimum Gasteiger partial charge on any atom is -0.278 e. The second-order valence-corrected chi connectivity index (χ2v) is 8.73. The Morgan fingerprint density at radius 3 is 1.17 bits per heavy atom. The number of alkyl halides is 17. The van der Waals surface area contributed by atoms with E-state index in [2.05, 4.69) is 0 Å². The molecule has 0 saturated heterocycles. The van der Waals surface area contributed by atoms with Crippen LogP contribution in [0.4, 0.5) is 80.3 Å². The van der Waals surface area contributed by atoms with Gasteiger partial charge in [0.25, 0.3) is 0 Å². The number of sulfonamides is 1. The molecule has 0 bridgehead atoms. The van der Waals surface area contributed by atoms with E-state index in [1.54, 1.807) is 0 Å². The van der Waals surface area contributed by atoms with Crippen molar-refractivity contribution >= 4 is 27.3 Å². The number of hydrogen-bond acceptors (Lipinski definition) is 2. The van der Waals surface area contributed by atoms with Crippen LogP contribution in [0.25, 0.3) is 0 Å². The third-order valence-electron chi connectivity index (χ3n) is 4.13. The smallest absolute Gasteiger partial charge is 0.278 e. The summed E-state index contributed by atoms with van der Waals surface area (Å²) in [5, 5.41) is -7.91. The molecule has 0 fully saturated rings. The molecule has 1 rings (SSSR count). The van der Waals surface area contributed by atoms with Crippen LogP contribution in [0.15, 0.2) is 24.3 Å². The predicted octanol–water partition coefficient (Wildman–Crippen LogP) is 7.05. The zero-order valence-corrected chi connectivity index (χ0v) is 17.4. The quantitative estimate of drug-likeness (QED) is 0.305. The Morgan fingerprint density at radius 2 is 0.833 bits per heavy atom. The zero-order chi connectivity index (χ0) is 29.2. The molecule has 1 aromatic carbocycles. The summed E-state index contributed by atoms with van der Waals surface area (Å²) < 4.78 is 248. The fraction of sp³-hybridized carbons (Fsp3) is 0.571. The van der Waals surface area contributed by atoms with Gasteiger partial charge in [0.1, 0.15) is 0 Å². The fourth-order valence-corrected chi connectivity index (χ4v) is 3.22. The molecule has 0 aliphatic carbocycles. The van der Waals surface area contributed by atoms with E-state index in [-0.39, 0.29) is 5.02 Å². The molecular weight excluding hydrogens is 605 g/mol. The number of halogens is 18. The highest BCUT2D eigenvalue weighted by Crippen LogP contribution is 2.64. The highest BCUT2D eigenvalue weighted by molar-refractivity contribution is 7.93. The summed E-state index contributed by atoms with van der Waals surface area (Å²) >= 11 is 5.31. The van der Waals surface area contributed by atoms with Gasteiger partial charge in [-0.05, 0) is 24.3 Å². The Bertz CT molecular complexity index is 1070. The van der Waals surface area contributed by atoms with Gasteiger partial charge in [-0.1, -0.05) is 11.6 Å². The summed E-state index contributed by atoms with van der Waals surface area (Å²) in [7, 11) is -7.41. The number of rotatable bonds is 9. The topological polar surface area (TPSA) is 46.2 Å². The van der Waals surface area contributed by atoms with Crippen molar-refractivity contribution in [1.82, 2.24) is 0 Å². The lowest BCUT2D eigenvalue weighted by atomic mass is 9.91. The van der Waals surface area contributed by atoms with E-state index in [0.29, 0.717) is 29.0 Å². The van der Waals surface area contributed by atoms with E-state index in [4.69, 9.17) is 11.6 Å². The molecular formula is C14H5ClF17NO2S. The van der Waals surface area contributed by atoms with E-state index in [1.165, 1.54) is 0 Å². The molecule has 0 amide bonds. The lowest BCUT2D eigenvalue weighted by molar-refractivity contribution is -0.458. The van der Waals surface area contributed by atoms with Crippen molar-refractivity contribution in [2.75, 3.05) is 4.72 Å². The molecule has 1 N–H and O–H groups in total. The van der Waals surface area contributed by atoms with Gasteiger partial charge >= 0.3 is 57.0 Å². The van der Waals surface area contributed by atoms with E-state index in [0.717, 1.165) is 0 Å². The maximum absolute atomic E-state index is 13.9. The van der Waals surface area contributed by atoms with Gasteiger partial charge < -0.3 is 0 Å². The maximum Gasteiger partial charge on any atom is 0.460 e. The zero-order valence-electron chi connectivity index (χ0n) is 15.8. The Morgan fingerprint density at radius 1 is 0.528 bits per heavy atom. The number of benzene rings is 1. The number of nitrogens with one attached hydrogen (secondary N) is 1. The van der Waals surface area contributed by atoms with Gasteiger partial charge in [-0.25, -0.2) is 0 Å². The number of anilines is 1. The maximum atomic E-state index is 13.9. The SMILES string of the molecule is O=S(=O)(Nc1ccc(Cl)cc1)C(F)(F)C(F)(F)C(F)(F)C(F)(F)C(F)(F)C(F)(F)C(F)(F)C(F)(F)F. The van der Waals surface area contributed by atoms with Crippen molar-refractivity contribution in [2.45, 2.75) is 47.0 Å². The first-order valence-corrected chi connectivity index (χ1v) is 9.83. The first-order chi connectivity index (χ1) is 15.5. The van der Waals surface area contributed by atoms with Crippen LogP contribution in [0.2, 0.25) is 5.02 Å². The van der Waals surface area contributed by atoms with Crippen molar-refractivity contribution < 1.29 is 83.1 Å². The molecule has 0 aliphatic heterocycles. The third kappa shape index (κ3) is 4.28. The second-order valence-electron chi connectivity index (χ2n) is 6.57. The van der Waals surface area contributed by atoms with Crippen LogP contribution in [0.5, 0.6) is 0 Å². The molecule has 0 saturated carbocycles. The van der Waals surface area contributed by atoms with Gasteiger partial charge in [-0.2, -0.15) is 83.1 Å². The average Bonchev–Trinajstić information content (AvgIpc) is 2.67. The van der Waals surface area contributed by atoms with Crippen LogP contribution in [-0.4, -0.2) is 55.4 Å². The van der Waals surface area contributed by atoms with Crippen molar-refractivity contribution in [3.05, 3.63) is 29.3 Å². The van der Waals surface area contributed by atoms with E-state index >= 15 is 0 Å². The van der Waals surface area contributed by atoms with E-state index < -0.39 is 62.7 Å². The second kappa shape index (κ2) is 8.55.